The van der Waals surface area contributed by atoms with Crippen molar-refractivity contribution < 1.29 is 0 Å². The van der Waals surface area contributed by atoms with E-state index in [2.05, 4.69) is 26.3 Å². The highest BCUT2D eigenvalue weighted by atomic mass is 15.1. The number of likely N-dealkylation sites (tertiary alicyclic amines) is 1. The molecule has 1 saturated heterocycles. The summed E-state index contributed by atoms with van der Waals surface area (Å²) in [6.45, 7) is 3.32. The Morgan fingerprint density at radius 3 is 3.08 bits per heavy atom. The van der Waals surface area contributed by atoms with Crippen LogP contribution in [0.4, 0.5) is 11.6 Å². The first kappa shape index (κ1) is 18.3. The highest BCUT2D eigenvalue weighted by Crippen LogP contribution is 2.15. The molecule has 1 aliphatic rings. The molecule has 1 unspecified atom stereocenters. The second-order valence-electron chi connectivity index (χ2n) is 6.85. The van der Waals surface area contributed by atoms with Gasteiger partial charge in [0.25, 0.3) is 0 Å². The summed E-state index contributed by atoms with van der Waals surface area (Å²) in [6.07, 6.45) is 7.35. The molecule has 2 aromatic rings. The summed E-state index contributed by atoms with van der Waals surface area (Å²) in [5.74, 6) is 0.569. The predicted octanol–water partition coefficient (Wildman–Crippen LogP) is 2.84. The molecule has 1 fully saturated rings. The molecule has 3 N–H and O–H groups in total. The summed E-state index contributed by atoms with van der Waals surface area (Å²) >= 11 is 0. The van der Waals surface area contributed by atoms with Crippen molar-refractivity contribution in [3.05, 3.63) is 47.8 Å². The zero-order valence-corrected chi connectivity index (χ0v) is 15.1. The zero-order chi connectivity index (χ0) is 18.2. The van der Waals surface area contributed by atoms with Crippen LogP contribution < -0.4 is 11.1 Å². The third-order valence-corrected chi connectivity index (χ3v) is 4.66. The van der Waals surface area contributed by atoms with Crippen LogP contribution in [0.2, 0.25) is 0 Å². The van der Waals surface area contributed by atoms with Gasteiger partial charge in [0.1, 0.15) is 0 Å². The van der Waals surface area contributed by atoms with Gasteiger partial charge in [-0.2, -0.15) is 5.26 Å². The molecule has 6 nitrogen and oxygen atoms in total. The minimum atomic E-state index is 0.346. The lowest BCUT2D eigenvalue weighted by Crippen LogP contribution is -2.43. The fourth-order valence-electron chi connectivity index (χ4n) is 3.33. The van der Waals surface area contributed by atoms with E-state index in [9.17, 15) is 0 Å². The fourth-order valence-corrected chi connectivity index (χ4v) is 3.33. The summed E-state index contributed by atoms with van der Waals surface area (Å²) in [5.41, 5.74) is 8.51. The van der Waals surface area contributed by atoms with Crippen LogP contribution in [-0.2, 0) is 6.42 Å². The van der Waals surface area contributed by atoms with E-state index in [4.69, 9.17) is 11.0 Å². The molecule has 0 aliphatic carbocycles. The van der Waals surface area contributed by atoms with Crippen molar-refractivity contribution >= 4 is 11.6 Å². The number of anilines is 2. The fraction of sp³-hybridized carbons (Fsp3) is 0.450. The Morgan fingerprint density at radius 2 is 2.23 bits per heavy atom. The molecule has 0 saturated carbocycles. The number of benzene rings is 1. The number of piperidine rings is 1. The van der Waals surface area contributed by atoms with Crippen molar-refractivity contribution in [2.75, 3.05) is 25.0 Å². The SMILES string of the molecule is N#Cc1cccc(Nc2nccc(CCCCN3CCCC(N)C3)n2)c1. The molecular formula is C20H26N6. The molecule has 0 radical (unpaired) electrons. The molecule has 0 amide bonds. The summed E-state index contributed by atoms with van der Waals surface area (Å²) in [5, 5.41) is 12.2. The molecule has 0 spiro atoms. The highest BCUT2D eigenvalue weighted by molar-refractivity contribution is 5.56. The van der Waals surface area contributed by atoms with E-state index in [1.54, 1.807) is 18.3 Å². The molecule has 6 heteroatoms. The van der Waals surface area contributed by atoms with Gasteiger partial charge in [0, 0.05) is 30.2 Å². The first-order valence-corrected chi connectivity index (χ1v) is 9.30. The summed E-state index contributed by atoms with van der Waals surface area (Å²) in [7, 11) is 0. The lowest BCUT2D eigenvalue weighted by Gasteiger charge is -2.30. The predicted molar refractivity (Wildman–Crippen MR) is 103 cm³/mol. The van der Waals surface area contributed by atoms with Gasteiger partial charge in [0.2, 0.25) is 5.95 Å². The van der Waals surface area contributed by atoms with Gasteiger partial charge in [-0.15, -0.1) is 0 Å². The Morgan fingerprint density at radius 1 is 1.31 bits per heavy atom. The third-order valence-electron chi connectivity index (χ3n) is 4.66. The number of nitrogens with two attached hydrogens (primary N) is 1. The number of rotatable bonds is 7. The van der Waals surface area contributed by atoms with Crippen LogP contribution in [0.1, 0.15) is 36.9 Å². The lowest BCUT2D eigenvalue weighted by molar-refractivity contribution is 0.206. The Balaban J connectivity index is 1.47. The van der Waals surface area contributed by atoms with Gasteiger partial charge in [-0.05, 0) is 69.5 Å². The largest absolute Gasteiger partial charge is 0.327 e. The first-order valence-electron chi connectivity index (χ1n) is 9.30. The maximum atomic E-state index is 8.98. The van der Waals surface area contributed by atoms with Crippen molar-refractivity contribution in [1.82, 2.24) is 14.9 Å². The van der Waals surface area contributed by atoms with E-state index in [-0.39, 0.29) is 0 Å². The summed E-state index contributed by atoms with van der Waals surface area (Å²) in [4.78, 5) is 11.3. The van der Waals surface area contributed by atoms with Crippen LogP contribution in [0.3, 0.4) is 0 Å². The van der Waals surface area contributed by atoms with E-state index in [0.29, 0.717) is 17.6 Å². The van der Waals surface area contributed by atoms with Crippen molar-refractivity contribution in [2.24, 2.45) is 5.73 Å². The minimum Gasteiger partial charge on any atom is -0.327 e. The van der Waals surface area contributed by atoms with Crippen molar-refractivity contribution in [1.29, 1.82) is 5.26 Å². The van der Waals surface area contributed by atoms with Gasteiger partial charge in [0.05, 0.1) is 11.6 Å². The average molecular weight is 350 g/mol. The van der Waals surface area contributed by atoms with E-state index in [1.165, 1.54) is 13.0 Å². The number of aromatic nitrogens is 2. The van der Waals surface area contributed by atoms with E-state index < -0.39 is 0 Å². The van der Waals surface area contributed by atoms with Crippen LogP contribution in [0.25, 0.3) is 0 Å². The van der Waals surface area contributed by atoms with Gasteiger partial charge in [-0.3, -0.25) is 0 Å². The van der Waals surface area contributed by atoms with Gasteiger partial charge >= 0.3 is 0 Å². The van der Waals surface area contributed by atoms with Crippen LogP contribution in [0.15, 0.2) is 36.5 Å². The molecule has 26 heavy (non-hydrogen) atoms. The number of nitrogens with zero attached hydrogens (tertiary/aromatic N) is 4. The first-order chi connectivity index (χ1) is 12.7. The second kappa shape index (κ2) is 9.27. The number of hydrogen-bond acceptors (Lipinski definition) is 6. The molecule has 1 aromatic carbocycles. The zero-order valence-electron chi connectivity index (χ0n) is 15.1. The second-order valence-corrected chi connectivity index (χ2v) is 6.85. The normalized spacial score (nSPS) is 17.6. The summed E-state index contributed by atoms with van der Waals surface area (Å²) in [6, 6.07) is 11.8. The maximum Gasteiger partial charge on any atom is 0.227 e. The molecule has 1 aliphatic heterocycles. The Labute approximate surface area is 155 Å². The highest BCUT2D eigenvalue weighted by Gasteiger charge is 2.15. The van der Waals surface area contributed by atoms with Crippen molar-refractivity contribution in [2.45, 2.75) is 38.1 Å². The Bertz CT molecular complexity index is 754. The summed E-state index contributed by atoms with van der Waals surface area (Å²) < 4.78 is 0. The molecule has 1 aromatic heterocycles. The Hall–Kier alpha value is -2.49. The number of hydrogen-bond donors (Lipinski definition) is 2. The van der Waals surface area contributed by atoms with E-state index in [0.717, 1.165) is 50.2 Å². The number of nitrogens with one attached hydrogen (secondary N) is 1. The van der Waals surface area contributed by atoms with Gasteiger partial charge in [-0.1, -0.05) is 6.07 Å². The third kappa shape index (κ3) is 5.51. The Kier molecular flexibility index (Phi) is 6.53. The van der Waals surface area contributed by atoms with Gasteiger partial charge in [0.15, 0.2) is 0 Å². The number of nitriles is 1. The molecule has 136 valence electrons. The van der Waals surface area contributed by atoms with Crippen molar-refractivity contribution in [3.63, 3.8) is 0 Å². The smallest absolute Gasteiger partial charge is 0.227 e. The molecular weight excluding hydrogens is 324 g/mol. The van der Waals surface area contributed by atoms with Gasteiger partial charge < -0.3 is 16.0 Å². The maximum absolute atomic E-state index is 8.98. The van der Waals surface area contributed by atoms with Gasteiger partial charge in [-0.25, -0.2) is 9.97 Å². The van der Waals surface area contributed by atoms with Crippen molar-refractivity contribution in [3.8, 4) is 6.07 Å². The average Bonchev–Trinajstić information content (AvgIpc) is 2.66. The van der Waals surface area contributed by atoms with Crippen LogP contribution in [-0.4, -0.2) is 40.5 Å². The molecule has 0 bridgehead atoms. The number of aryl methyl sites for hydroxylation is 1. The minimum absolute atomic E-state index is 0.346. The lowest BCUT2D eigenvalue weighted by atomic mass is 10.1. The number of unbranched alkanes of at least 4 members (excludes halogenated alkanes) is 1. The molecule has 1 atom stereocenters. The van der Waals surface area contributed by atoms with E-state index in [1.807, 2.05) is 18.2 Å². The van der Waals surface area contributed by atoms with Crippen LogP contribution in [0.5, 0.6) is 0 Å². The topological polar surface area (TPSA) is 90.9 Å². The monoisotopic (exact) mass is 350 g/mol. The molecule has 2 heterocycles. The standard InChI is InChI=1S/C20H26N6/c21-14-16-5-3-8-19(13-16)25-20-23-10-9-18(24-20)7-1-2-11-26-12-4-6-17(22)15-26/h3,5,8-10,13,17H,1-2,4,6-7,11-12,15,22H2,(H,23,24,25). The molecule has 3 rings (SSSR count). The van der Waals surface area contributed by atoms with Crippen LogP contribution >= 0.6 is 0 Å². The van der Waals surface area contributed by atoms with Crippen LogP contribution in [0, 0.1) is 11.3 Å². The quantitative estimate of drug-likeness (QED) is 0.746. The van der Waals surface area contributed by atoms with E-state index >= 15 is 0 Å².